The molecule has 35 heavy (non-hydrogen) atoms. The lowest BCUT2D eigenvalue weighted by atomic mass is 10.2. The molecule has 4 heterocycles. The quantitative estimate of drug-likeness (QED) is 0.495. The number of carbonyl (C=O) groups is 1. The molecule has 0 aliphatic carbocycles. The van der Waals surface area contributed by atoms with Gasteiger partial charge in [0.05, 0.1) is 23.0 Å². The van der Waals surface area contributed by atoms with Gasteiger partial charge in [-0.2, -0.15) is 9.40 Å². The van der Waals surface area contributed by atoms with Gasteiger partial charge >= 0.3 is 0 Å². The summed E-state index contributed by atoms with van der Waals surface area (Å²) in [7, 11) is -1.68. The van der Waals surface area contributed by atoms with E-state index in [1.54, 1.807) is 46.4 Å². The van der Waals surface area contributed by atoms with Crippen molar-refractivity contribution in [1.29, 1.82) is 0 Å². The standard InChI is InChI=1S/C23H30N8O3S/c1-18-3-5-19(6-4-18)35(33,34)31-13-11-29(12-14-31)21(32)16-28-7-9-30(10-8-28)23-20-15-26-27(2)22(20)24-17-25-23/h3-6,15,17H,7-14,16H2,1-2H3. The zero-order valence-corrected chi connectivity index (χ0v) is 20.9. The summed E-state index contributed by atoms with van der Waals surface area (Å²) >= 11 is 0. The highest BCUT2D eigenvalue weighted by Gasteiger charge is 2.31. The van der Waals surface area contributed by atoms with Crippen LogP contribution in [0.1, 0.15) is 5.56 Å². The van der Waals surface area contributed by atoms with Crippen molar-refractivity contribution >= 4 is 32.8 Å². The number of hydrogen-bond acceptors (Lipinski definition) is 8. The van der Waals surface area contributed by atoms with Crippen molar-refractivity contribution in [3.05, 3.63) is 42.4 Å². The molecule has 0 spiro atoms. The Morgan fingerprint density at radius 3 is 2.31 bits per heavy atom. The van der Waals surface area contributed by atoms with Crippen molar-refractivity contribution in [2.24, 2.45) is 7.05 Å². The van der Waals surface area contributed by atoms with Gasteiger partial charge in [0, 0.05) is 59.4 Å². The Hall–Kier alpha value is -3.09. The first-order chi connectivity index (χ1) is 16.8. The Balaban J connectivity index is 1.13. The van der Waals surface area contributed by atoms with Crippen molar-refractivity contribution in [2.75, 3.05) is 63.8 Å². The van der Waals surface area contributed by atoms with Crippen molar-refractivity contribution in [3.8, 4) is 0 Å². The molecule has 2 fully saturated rings. The number of fused-ring (bicyclic) bond motifs is 1. The van der Waals surface area contributed by atoms with Crippen LogP contribution in [0.3, 0.4) is 0 Å². The Morgan fingerprint density at radius 2 is 1.63 bits per heavy atom. The zero-order valence-electron chi connectivity index (χ0n) is 20.0. The molecular weight excluding hydrogens is 468 g/mol. The molecule has 0 atom stereocenters. The van der Waals surface area contributed by atoms with Crippen LogP contribution in [-0.4, -0.2) is 107 Å². The number of nitrogens with zero attached hydrogens (tertiary/aromatic N) is 8. The van der Waals surface area contributed by atoms with Gasteiger partial charge in [0.2, 0.25) is 15.9 Å². The fourth-order valence-electron chi connectivity index (χ4n) is 4.65. The Labute approximate surface area is 205 Å². The van der Waals surface area contributed by atoms with E-state index in [1.165, 1.54) is 4.31 Å². The predicted molar refractivity (Wildman–Crippen MR) is 131 cm³/mol. The lowest BCUT2D eigenvalue weighted by Gasteiger charge is -2.38. The lowest BCUT2D eigenvalue weighted by Crippen LogP contribution is -2.54. The van der Waals surface area contributed by atoms with E-state index in [0.29, 0.717) is 37.6 Å². The molecule has 0 N–H and O–H groups in total. The highest BCUT2D eigenvalue weighted by Crippen LogP contribution is 2.23. The second-order valence-electron chi connectivity index (χ2n) is 9.06. The Kier molecular flexibility index (Phi) is 6.43. The fourth-order valence-corrected chi connectivity index (χ4v) is 6.07. The van der Waals surface area contributed by atoms with E-state index in [1.807, 2.05) is 14.0 Å². The predicted octanol–water partition coefficient (Wildman–Crippen LogP) is 0.327. The summed E-state index contributed by atoms with van der Waals surface area (Å²) in [6.45, 7) is 6.72. The number of rotatable bonds is 5. The number of aryl methyl sites for hydroxylation is 2. The SMILES string of the molecule is Cc1ccc(S(=O)(=O)N2CCN(C(=O)CN3CCN(c4ncnc5c4cnn5C)CC3)CC2)cc1. The smallest absolute Gasteiger partial charge is 0.243 e. The summed E-state index contributed by atoms with van der Waals surface area (Å²) in [5.74, 6) is 0.919. The molecule has 2 saturated heterocycles. The minimum atomic E-state index is -3.54. The second-order valence-corrected chi connectivity index (χ2v) is 11.0. The first-order valence-corrected chi connectivity index (χ1v) is 13.2. The van der Waals surface area contributed by atoms with E-state index in [9.17, 15) is 13.2 Å². The molecule has 2 aromatic heterocycles. The van der Waals surface area contributed by atoms with Crippen LogP contribution in [0.15, 0.2) is 41.7 Å². The van der Waals surface area contributed by atoms with Gasteiger partial charge in [-0.1, -0.05) is 17.7 Å². The maximum absolute atomic E-state index is 12.9. The van der Waals surface area contributed by atoms with Crippen molar-refractivity contribution < 1.29 is 13.2 Å². The maximum atomic E-state index is 12.9. The third-order valence-corrected chi connectivity index (χ3v) is 8.70. The van der Waals surface area contributed by atoms with Gasteiger partial charge in [0.25, 0.3) is 0 Å². The van der Waals surface area contributed by atoms with Crippen molar-refractivity contribution in [3.63, 3.8) is 0 Å². The van der Waals surface area contributed by atoms with Gasteiger partial charge in [-0.15, -0.1) is 0 Å². The minimum Gasteiger partial charge on any atom is -0.353 e. The summed E-state index contributed by atoms with van der Waals surface area (Å²) in [5.41, 5.74) is 1.82. The van der Waals surface area contributed by atoms with Gasteiger partial charge in [-0.3, -0.25) is 14.4 Å². The summed E-state index contributed by atoms with van der Waals surface area (Å²) in [6.07, 6.45) is 3.35. The first-order valence-electron chi connectivity index (χ1n) is 11.8. The first kappa shape index (κ1) is 23.6. The van der Waals surface area contributed by atoms with Crippen LogP contribution in [-0.2, 0) is 21.9 Å². The van der Waals surface area contributed by atoms with Crippen LogP contribution in [0, 0.1) is 6.92 Å². The number of carbonyl (C=O) groups excluding carboxylic acids is 1. The summed E-state index contributed by atoms with van der Waals surface area (Å²) in [6, 6.07) is 6.89. The van der Waals surface area contributed by atoms with E-state index in [2.05, 4.69) is 24.9 Å². The number of aromatic nitrogens is 4. The molecule has 1 aromatic carbocycles. The topological polar surface area (TPSA) is 108 Å². The third-order valence-electron chi connectivity index (χ3n) is 6.79. The number of sulfonamides is 1. The number of amides is 1. The molecule has 12 heteroatoms. The van der Waals surface area contributed by atoms with Crippen LogP contribution in [0.5, 0.6) is 0 Å². The van der Waals surface area contributed by atoms with E-state index in [4.69, 9.17) is 0 Å². The number of piperazine rings is 2. The summed E-state index contributed by atoms with van der Waals surface area (Å²) < 4.78 is 29.0. The summed E-state index contributed by atoms with van der Waals surface area (Å²) in [5, 5.41) is 5.21. The molecular formula is C23H30N8O3S. The zero-order chi connectivity index (χ0) is 24.6. The van der Waals surface area contributed by atoms with Gasteiger partial charge in [-0.05, 0) is 19.1 Å². The molecule has 0 bridgehead atoms. The highest BCUT2D eigenvalue weighted by molar-refractivity contribution is 7.89. The molecule has 2 aliphatic rings. The number of benzene rings is 1. The molecule has 1 amide bonds. The van der Waals surface area contributed by atoms with Crippen molar-refractivity contribution in [1.82, 2.24) is 33.9 Å². The minimum absolute atomic E-state index is 0.0440. The second kappa shape index (κ2) is 9.51. The third kappa shape index (κ3) is 4.73. The molecule has 5 rings (SSSR count). The molecule has 11 nitrogen and oxygen atoms in total. The van der Waals surface area contributed by atoms with Crippen LogP contribution in [0.4, 0.5) is 5.82 Å². The average Bonchev–Trinajstić information content (AvgIpc) is 3.26. The lowest BCUT2D eigenvalue weighted by molar-refractivity contribution is -0.133. The normalized spacial score (nSPS) is 18.3. The summed E-state index contributed by atoms with van der Waals surface area (Å²) in [4.78, 5) is 28.1. The maximum Gasteiger partial charge on any atom is 0.243 e. The molecule has 2 aliphatic heterocycles. The van der Waals surface area contributed by atoms with Crippen LogP contribution in [0.2, 0.25) is 0 Å². The van der Waals surface area contributed by atoms with Gasteiger partial charge in [0.15, 0.2) is 5.65 Å². The average molecular weight is 499 g/mol. The monoisotopic (exact) mass is 498 g/mol. The van der Waals surface area contributed by atoms with E-state index >= 15 is 0 Å². The van der Waals surface area contributed by atoms with E-state index in [-0.39, 0.29) is 5.91 Å². The molecule has 0 radical (unpaired) electrons. The Morgan fingerprint density at radius 1 is 0.943 bits per heavy atom. The highest BCUT2D eigenvalue weighted by atomic mass is 32.2. The van der Waals surface area contributed by atoms with Crippen LogP contribution >= 0.6 is 0 Å². The van der Waals surface area contributed by atoms with E-state index in [0.717, 1.165) is 48.6 Å². The largest absolute Gasteiger partial charge is 0.353 e. The number of anilines is 1. The fraction of sp³-hybridized carbons (Fsp3) is 0.478. The van der Waals surface area contributed by atoms with Gasteiger partial charge in [0.1, 0.15) is 12.1 Å². The molecule has 0 unspecified atom stereocenters. The van der Waals surface area contributed by atoms with E-state index < -0.39 is 10.0 Å². The molecule has 186 valence electrons. The number of hydrogen-bond donors (Lipinski definition) is 0. The molecule has 3 aromatic rings. The van der Waals surface area contributed by atoms with Crippen molar-refractivity contribution in [2.45, 2.75) is 11.8 Å². The van der Waals surface area contributed by atoms with Gasteiger partial charge in [-0.25, -0.2) is 18.4 Å². The van der Waals surface area contributed by atoms with Crippen LogP contribution in [0.25, 0.3) is 11.0 Å². The van der Waals surface area contributed by atoms with Crippen LogP contribution < -0.4 is 4.90 Å². The molecule has 0 saturated carbocycles. The Bertz CT molecular complexity index is 1310. The van der Waals surface area contributed by atoms with Gasteiger partial charge < -0.3 is 9.80 Å².